The smallest absolute Gasteiger partial charge is 0.339 e. The fourth-order valence-corrected chi connectivity index (χ4v) is 2.89. The molecule has 2 atom stereocenters. The van der Waals surface area contributed by atoms with Crippen LogP contribution in [0.4, 0.5) is 5.69 Å². The maximum Gasteiger partial charge on any atom is 0.339 e. The number of anilines is 1. The predicted molar refractivity (Wildman–Crippen MR) is 77.1 cm³/mol. The van der Waals surface area contributed by atoms with Gasteiger partial charge >= 0.3 is 5.97 Å². The Labute approximate surface area is 122 Å². The van der Waals surface area contributed by atoms with Gasteiger partial charge in [-0.2, -0.15) is 0 Å². The minimum Gasteiger partial charge on any atom is -0.478 e. The molecule has 5 nitrogen and oxygen atoms in total. The number of nitrogens with two attached hydrogens (primary N) is 1. The number of amides is 1. The highest BCUT2D eigenvalue weighted by Crippen LogP contribution is 2.33. The SMILES string of the molecule is CC1CCC(C(N)=O)CN1c1cccc(Cl)c1C(=O)O. The molecule has 108 valence electrons. The lowest BCUT2D eigenvalue weighted by Crippen LogP contribution is -2.46. The first-order valence-electron chi connectivity index (χ1n) is 6.49. The third-order valence-corrected chi connectivity index (χ3v) is 4.11. The molecule has 1 aliphatic rings. The Morgan fingerprint density at radius 2 is 2.10 bits per heavy atom. The molecule has 1 aliphatic heterocycles. The molecular weight excluding hydrogens is 280 g/mol. The summed E-state index contributed by atoms with van der Waals surface area (Å²) < 4.78 is 0. The molecule has 0 aliphatic carbocycles. The van der Waals surface area contributed by atoms with Crippen LogP contribution in [0.2, 0.25) is 5.02 Å². The lowest BCUT2D eigenvalue weighted by molar-refractivity contribution is -0.122. The van der Waals surface area contributed by atoms with Gasteiger partial charge in [-0.05, 0) is 31.9 Å². The summed E-state index contributed by atoms with van der Waals surface area (Å²) in [6.45, 7) is 2.43. The maximum absolute atomic E-state index is 11.4. The summed E-state index contributed by atoms with van der Waals surface area (Å²) in [6.07, 6.45) is 1.52. The van der Waals surface area contributed by atoms with E-state index in [1.807, 2.05) is 11.8 Å². The van der Waals surface area contributed by atoms with Crippen molar-refractivity contribution in [3.05, 3.63) is 28.8 Å². The largest absolute Gasteiger partial charge is 0.478 e. The first-order valence-corrected chi connectivity index (χ1v) is 6.87. The summed E-state index contributed by atoms with van der Waals surface area (Å²) >= 11 is 5.99. The lowest BCUT2D eigenvalue weighted by atomic mass is 9.92. The second-order valence-corrected chi connectivity index (χ2v) is 5.52. The topological polar surface area (TPSA) is 83.6 Å². The summed E-state index contributed by atoms with van der Waals surface area (Å²) in [4.78, 5) is 24.7. The van der Waals surface area contributed by atoms with Gasteiger partial charge in [-0.25, -0.2) is 4.79 Å². The summed E-state index contributed by atoms with van der Waals surface area (Å²) in [6, 6.07) is 5.12. The van der Waals surface area contributed by atoms with Gasteiger partial charge in [0, 0.05) is 12.6 Å². The number of hydrogen-bond donors (Lipinski definition) is 2. The Hall–Kier alpha value is -1.75. The zero-order chi connectivity index (χ0) is 14.9. The van der Waals surface area contributed by atoms with Gasteiger partial charge < -0.3 is 15.7 Å². The predicted octanol–water partition coefficient (Wildman–Crippen LogP) is 2.13. The third-order valence-electron chi connectivity index (χ3n) is 3.80. The van der Waals surface area contributed by atoms with E-state index in [0.29, 0.717) is 12.2 Å². The molecule has 3 N–H and O–H groups in total. The van der Waals surface area contributed by atoms with Crippen molar-refractivity contribution in [1.82, 2.24) is 0 Å². The molecule has 1 aromatic rings. The zero-order valence-corrected chi connectivity index (χ0v) is 11.9. The van der Waals surface area contributed by atoms with E-state index in [1.54, 1.807) is 18.2 Å². The summed E-state index contributed by atoms with van der Waals surface area (Å²) in [7, 11) is 0. The molecule has 2 unspecified atom stereocenters. The van der Waals surface area contributed by atoms with Crippen LogP contribution in [0, 0.1) is 5.92 Å². The van der Waals surface area contributed by atoms with E-state index in [9.17, 15) is 14.7 Å². The highest BCUT2D eigenvalue weighted by Gasteiger charge is 2.31. The van der Waals surface area contributed by atoms with Crippen molar-refractivity contribution < 1.29 is 14.7 Å². The van der Waals surface area contributed by atoms with Crippen LogP contribution in [-0.4, -0.2) is 29.6 Å². The Balaban J connectivity index is 2.41. The number of rotatable bonds is 3. The Morgan fingerprint density at radius 1 is 1.40 bits per heavy atom. The van der Waals surface area contributed by atoms with E-state index in [-0.39, 0.29) is 28.5 Å². The van der Waals surface area contributed by atoms with E-state index in [2.05, 4.69) is 0 Å². The van der Waals surface area contributed by atoms with Crippen LogP contribution >= 0.6 is 11.6 Å². The number of aromatic carboxylic acids is 1. The van der Waals surface area contributed by atoms with Gasteiger partial charge in [-0.3, -0.25) is 4.79 Å². The van der Waals surface area contributed by atoms with Crippen LogP contribution in [0.3, 0.4) is 0 Å². The first kappa shape index (κ1) is 14.7. The van der Waals surface area contributed by atoms with Crippen molar-refractivity contribution in [2.45, 2.75) is 25.8 Å². The molecule has 0 spiro atoms. The summed E-state index contributed by atoms with van der Waals surface area (Å²) in [5.41, 5.74) is 5.99. The van der Waals surface area contributed by atoms with Crippen molar-refractivity contribution in [1.29, 1.82) is 0 Å². The number of halogens is 1. The fraction of sp³-hybridized carbons (Fsp3) is 0.429. The number of carbonyl (C=O) groups is 2. The molecule has 0 radical (unpaired) electrons. The summed E-state index contributed by atoms with van der Waals surface area (Å²) in [5, 5.41) is 9.53. The van der Waals surface area contributed by atoms with E-state index < -0.39 is 5.97 Å². The zero-order valence-electron chi connectivity index (χ0n) is 11.2. The van der Waals surface area contributed by atoms with Gasteiger partial charge in [-0.1, -0.05) is 17.7 Å². The van der Waals surface area contributed by atoms with E-state index >= 15 is 0 Å². The number of carboxylic acids is 1. The molecule has 0 saturated carbocycles. The normalized spacial score (nSPS) is 22.6. The Kier molecular flexibility index (Phi) is 4.18. The quantitative estimate of drug-likeness (QED) is 0.895. The molecule has 20 heavy (non-hydrogen) atoms. The average molecular weight is 297 g/mol. The van der Waals surface area contributed by atoms with Crippen molar-refractivity contribution in [2.75, 3.05) is 11.4 Å². The molecule has 0 bridgehead atoms. The molecule has 2 rings (SSSR count). The molecule has 0 aromatic heterocycles. The number of primary amides is 1. The van der Waals surface area contributed by atoms with Crippen LogP contribution < -0.4 is 10.6 Å². The van der Waals surface area contributed by atoms with Crippen LogP contribution in [0.1, 0.15) is 30.1 Å². The minimum atomic E-state index is -1.07. The number of nitrogens with zero attached hydrogens (tertiary/aromatic N) is 1. The second-order valence-electron chi connectivity index (χ2n) is 5.12. The molecule has 6 heteroatoms. The molecule has 1 fully saturated rings. The van der Waals surface area contributed by atoms with Crippen LogP contribution in [0.5, 0.6) is 0 Å². The first-order chi connectivity index (χ1) is 9.41. The fourth-order valence-electron chi connectivity index (χ4n) is 2.64. The van der Waals surface area contributed by atoms with E-state index in [1.165, 1.54) is 0 Å². The number of carbonyl (C=O) groups excluding carboxylic acids is 1. The maximum atomic E-state index is 11.4. The molecule has 1 heterocycles. The molecule has 1 amide bonds. The standard InChI is InChI=1S/C14H17ClN2O3/c1-8-5-6-9(13(16)18)7-17(8)11-4-2-3-10(15)12(11)14(19)20/h2-4,8-9H,5-7H2,1H3,(H2,16,18)(H,19,20). The van der Waals surface area contributed by atoms with Crippen LogP contribution in [0.25, 0.3) is 0 Å². The van der Waals surface area contributed by atoms with Crippen LogP contribution in [-0.2, 0) is 4.79 Å². The van der Waals surface area contributed by atoms with E-state index in [4.69, 9.17) is 17.3 Å². The van der Waals surface area contributed by atoms with Gasteiger partial charge in [0.25, 0.3) is 0 Å². The highest BCUT2D eigenvalue weighted by molar-refractivity contribution is 6.34. The van der Waals surface area contributed by atoms with Crippen molar-refractivity contribution in [2.24, 2.45) is 11.7 Å². The monoisotopic (exact) mass is 296 g/mol. The number of piperidine rings is 1. The number of benzene rings is 1. The minimum absolute atomic E-state index is 0.0751. The van der Waals surface area contributed by atoms with Gasteiger partial charge in [0.05, 0.1) is 16.6 Å². The van der Waals surface area contributed by atoms with Crippen molar-refractivity contribution in [3.8, 4) is 0 Å². The number of hydrogen-bond acceptors (Lipinski definition) is 3. The van der Waals surface area contributed by atoms with Crippen LogP contribution in [0.15, 0.2) is 18.2 Å². The highest BCUT2D eigenvalue weighted by atomic mass is 35.5. The van der Waals surface area contributed by atoms with Crippen molar-refractivity contribution in [3.63, 3.8) is 0 Å². The summed E-state index contributed by atoms with van der Waals surface area (Å²) in [5.74, 6) is -1.67. The third kappa shape index (κ3) is 2.72. The molecular formula is C14H17ClN2O3. The van der Waals surface area contributed by atoms with E-state index in [0.717, 1.165) is 12.8 Å². The Morgan fingerprint density at radius 3 is 2.70 bits per heavy atom. The molecule has 1 aromatic carbocycles. The second kappa shape index (κ2) is 5.71. The van der Waals surface area contributed by atoms with Gasteiger partial charge in [0.2, 0.25) is 5.91 Å². The Bertz CT molecular complexity index is 547. The van der Waals surface area contributed by atoms with Crippen molar-refractivity contribution >= 4 is 29.2 Å². The van der Waals surface area contributed by atoms with Gasteiger partial charge in [0.15, 0.2) is 0 Å². The van der Waals surface area contributed by atoms with Gasteiger partial charge in [0.1, 0.15) is 5.56 Å². The molecule has 1 saturated heterocycles. The lowest BCUT2D eigenvalue weighted by Gasteiger charge is -2.39. The van der Waals surface area contributed by atoms with Gasteiger partial charge in [-0.15, -0.1) is 0 Å². The average Bonchev–Trinajstić information content (AvgIpc) is 2.38. The number of carboxylic acid groups (broad SMARTS) is 1.